The van der Waals surface area contributed by atoms with Crippen molar-refractivity contribution in [3.63, 3.8) is 0 Å². The van der Waals surface area contributed by atoms with Crippen LogP contribution in [0.3, 0.4) is 0 Å². The molecule has 0 bridgehead atoms. The molecule has 1 N–H and O–H groups in total. The Hall–Kier alpha value is -0.550. The van der Waals surface area contributed by atoms with E-state index in [0.29, 0.717) is 16.4 Å². The van der Waals surface area contributed by atoms with Crippen molar-refractivity contribution in [2.75, 3.05) is 6.54 Å². The molecule has 5 heteroatoms. The fourth-order valence-electron chi connectivity index (χ4n) is 1.08. The van der Waals surface area contributed by atoms with Crippen LogP contribution in [0.5, 0.6) is 0 Å². The molecule has 92 valence electrons. The van der Waals surface area contributed by atoms with Crippen LogP contribution >= 0.6 is 11.8 Å². The van der Waals surface area contributed by atoms with Crippen LogP contribution in [-0.2, 0) is 0 Å². The summed E-state index contributed by atoms with van der Waals surface area (Å²) in [6.45, 7) is 11.5. The SMILES string of the molecule is CCC(C)(C)NCC(C)Sc1nnc(C)o1. The van der Waals surface area contributed by atoms with E-state index in [1.807, 2.05) is 0 Å². The van der Waals surface area contributed by atoms with Crippen molar-refractivity contribution in [2.45, 2.75) is 57.1 Å². The van der Waals surface area contributed by atoms with Crippen molar-refractivity contribution in [1.82, 2.24) is 15.5 Å². The van der Waals surface area contributed by atoms with Gasteiger partial charge in [0, 0.05) is 24.3 Å². The van der Waals surface area contributed by atoms with Gasteiger partial charge in [-0.15, -0.1) is 10.2 Å². The van der Waals surface area contributed by atoms with Crippen LogP contribution in [0.2, 0.25) is 0 Å². The Morgan fingerprint density at radius 2 is 2.12 bits per heavy atom. The summed E-state index contributed by atoms with van der Waals surface area (Å²) in [6, 6.07) is 0. The van der Waals surface area contributed by atoms with E-state index >= 15 is 0 Å². The van der Waals surface area contributed by atoms with Gasteiger partial charge in [0.15, 0.2) is 0 Å². The number of aryl methyl sites for hydroxylation is 1. The summed E-state index contributed by atoms with van der Waals surface area (Å²) in [7, 11) is 0. The molecule has 0 radical (unpaired) electrons. The zero-order valence-electron chi connectivity index (χ0n) is 10.7. The first kappa shape index (κ1) is 13.5. The van der Waals surface area contributed by atoms with Gasteiger partial charge in [-0.3, -0.25) is 0 Å². The summed E-state index contributed by atoms with van der Waals surface area (Å²) in [5.74, 6) is 0.622. The Labute approximate surface area is 102 Å². The van der Waals surface area contributed by atoms with Crippen molar-refractivity contribution in [3.8, 4) is 0 Å². The van der Waals surface area contributed by atoms with Crippen LogP contribution in [0.1, 0.15) is 40.0 Å². The van der Waals surface area contributed by atoms with Crippen molar-refractivity contribution >= 4 is 11.8 Å². The quantitative estimate of drug-likeness (QED) is 0.778. The third-order valence-electron chi connectivity index (χ3n) is 2.56. The van der Waals surface area contributed by atoms with Gasteiger partial charge < -0.3 is 9.73 Å². The van der Waals surface area contributed by atoms with Gasteiger partial charge in [-0.1, -0.05) is 25.6 Å². The Bertz CT molecular complexity index is 325. The van der Waals surface area contributed by atoms with Crippen LogP contribution in [0.25, 0.3) is 0 Å². The molecule has 1 heterocycles. The normalized spacial score (nSPS) is 14.1. The van der Waals surface area contributed by atoms with E-state index in [0.717, 1.165) is 13.0 Å². The highest BCUT2D eigenvalue weighted by Gasteiger charge is 2.16. The molecule has 0 saturated heterocycles. The average Bonchev–Trinajstić information content (AvgIpc) is 2.61. The molecule has 0 aliphatic carbocycles. The monoisotopic (exact) mass is 243 g/mol. The molecule has 0 saturated carbocycles. The summed E-state index contributed by atoms with van der Waals surface area (Å²) in [4.78, 5) is 0. The third kappa shape index (κ3) is 4.53. The van der Waals surface area contributed by atoms with Gasteiger partial charge in [0.2, 0.25) is 5.89 Å². The molecule has 16 heavy (non-hydrogen) atoms. The predicted octanol–water partition coefficient (Wildman–Crippen LogP) is 2.64. The molecule has 0 amide bonds. The van der Waals surface area contributed by atoms with Crippen molar-refractivity contribution in [3.05, 3.63) is 5.89 Å². The molecule has 1 rings (SSSR count). The van der Waals surface area contributed by atoms with Gasteiger partial charge in [-0.05, 0) is 20.3 Å². The summed E-state index contributed by atoms with van der Waals surface area (Å²) >= 11 is 1.61. The molecule has 0 aromatic carbocycles. The number of aromatic nitrogens is 2. The largest absolute Gasteiger partial charge is 0.416 e. The van der Waals surface area contributed by atoms with Crippen LogP contribution in [-0.4, -0.2) is 27.5 Å². The lowest BCUT2D eigenvalue weighted by atomic mass is 10.0. The second-order valence-corrected chi connectivity index (χ2v) is 6.02. The Morgan fingerprint density at radius 3 is 2.62 bits per heavy atom. The molecule has 1 aromatic rings. The molecule has 0 aliphatic heterocycles. The van der Waals surface area contributed by atoms with E-state index in [2.05, 4.69) is 43.2 Å². The molecule has 0 spiro atoms. The second kappa shape index (κ2) is 5.68. The number of nitrogens with one attached hydrogen (secondary N) is 1. The molecule has 0 aliphatic rings. The fraction of sp³-hybridized carbons (Fsp3) is 0.818. The molecular formula is C11H21N3OS. The van der Waals surface area contributed by atoms with E-state index in [4.69, 9.17) is 4.42 Å². The average molecular weight is 243 g/mol. The zero-order chi connectivity index (χ0) is 12.2. The first-order valence-corrected chi connectivity index (χ1v) is 6.52. The van der Waals surface area contributed by atoms with Gasteiger partial charge in [-0.25, -0.2) is 0 Å². The Balaban J connectivity index is 2.34. The fourth-order valence-corrected chi connectivity index (χ4v) is 1.85. The molecular weight excluding hydrogens is 222 g/mol. The van der Waals surface area contributed by atoms with Gasteiger partial charge in [0.25, 0.3) is 5.22 Å². The molecule has 1 unspecified atom stereocenters. The number of hydrogen-bond donors (Lipinski definition) is 1. The molecule has 1 atom stereocenters. The predicted molar refractivity (Wildman–Crippen MR) is 66.7 cm³/mol. The van der Waals surface area contributed by atoms with Crippen molar-refractivity contribution < 1.29 is 4.42 Å². The van der Waals surface area contributed by atoms with Gasteiger partial charge in [0.05, 0.1) is 0 Å². The zero-order valence-corrected chi connectivity index (χ0v) is 11.5. The summed E-state index contributed by atoms with van der Waals surface area (Å²) in [5, 5.41) is 12.4. The highest BCUT2D eigenvalue weighted by atomic mass is 32.2. The Morgan fingerprint density at radius 1 is 1.44 bits per heavy atom. The molecule has 4 nitrogen and oxygen atoms in total. The van der Waals surface area contributed by atoms with E-state index < -0.39 is 0 Å². The summed E-state index contributed by atoms with van der Waals surface area (Å²) in [6.07, 6.45) is 1.12. The van der Waals surface area contributed by atoms with Crippen molar-refractivity contribution in [1.29, 1.82) is 0 Å². The second-order valence-electron chi connectivity index (χ2n) is 4.63. The van der Waals surface area contributed by atoms with Crippen molar-refractivity contribution in [2.24, 2.45) is 0 Å². The van der Waals surface area contributed by atoms with E-state index in [9.17, 15) is 0 Å². The number of rotatable bonds is 6. The summed E-state index contributed by atoms with van der Waals surface area (Å²) < 4.78 is 5.33. The van der Waals surface area contributed by atoms with Crippen LogP contribution in [0.15, 0.2) is 9.64 Å². The number of hydrogen-bond acceptors (Lipinski definition) is 5. The van der Waals surface area contributed by atoms with E-state index in [-0.39, 0.29) is 5.54 Å². The van der Waals surface area contributed by atoms with Gasteiger partial charge in [0.1, 0.15) is 0 Å². The van der Waals surface area contributed by atoms with E-state index in [1.54, 1.807) is 18.7 Å². The minimum absolute atomic E-state index is 0.194. The third-order valence-corrected chi connectivity index (χ3v) is 3.50. The first-order valence-electron chi connectivity index (χ1n) is 5.65. The van der Waals surface area contributed by atoms with E-state index in [1.165, 1.54) is 0 Å². The molecule has 1 aromatic heterocycles. The first-order chi connectivity index (χ1) is 7.43. The lowest BCUT2D eigenvalue weighted by Gasteiger charge is -2.26. The van der Waals surface area contributed by atoms with Crippen LogP contribution in [0.4, 0.5) is 0 Å². The summed E-state index contributed by atoms with van der Waals surface area (Å²) in [5.41, 5.74) is 0.194. The standard InChI is InChI=1S/C11H21N3OS/c1-6-11(4,5)12-7-8(2)16-10-14-13-9(3)15-10/h8,12H,6-7H2,1-5H3. The van der Waals surface area contributed by atoms with Crippen LogP contribution < -0.4 is 5.32 Å². The minimum Gasteiger partial charge on any atom is -0.416 e. The number of nitrogens with zero attached hydrogens (tertiary/aromatic N) is 2. The Kier molecular flexibility index (Phi) is 4.80. The maximum Gasteiger partial charge on any atom is 0.276 e. The maximum absolute atomic E-state index is 5.33. The van der Waals surface area contributed by atoms with Crippen LogP contribution in [0, 0.1) is 6.92 Å². The number of thioether (sulfide) groups is 1. The lowest BCUT2D eigenvalue weighted by molar-refractivity contribution is 0.378. The highest BCUT2D eigenvalue weighted by Crippen LogP contribution is 2.21. The van der Waals surface area contributed by atoms with Gasteiger partial charge >= 0.3 is 0 Å². The smallest absolute Gasteiger partial charge is 0.276 e. The maximum atomic E-state index is 5.33. The van der Waals surface area contributed by atoms with Gasteiger partial charge in [-0.2, -0.15) is 0 Å². The molecule has 0 fully saturated rings. The topological polar surface area (TPSA) is 51.0 Å². The minimum atomic E-state index is 0.194. The lowest BCUT2D eigenvalue weighted by Crippen LogP contribution is -2.41. The highest BCUT2D eigenvalue weighted by molar-refractivity contribution is 7.99.